The molecule has 0 aliphatic carbocycles. The average molecular weight is 420 g/mol. The van der Waals surface area contributed by atoms with Crippen LogP contribution in [0.5, 0.6) is 5.75 Å². The number of nitrogens with zero attached hydrogens (tertiary/aromatic N) is 2. The van der Waals surface area contributed by atoms with Gasteiger partial charge in [-0.05, 0) is 42.9 Å². The van der Waals surface area contributed by atoms with Gasteiger partial charge in [-0.1, -0.05) is 30.3 Å². The average Bonchev–Trinajstić information content (AvgIpc) is 3.22. The molecular formula is C24H29N5O2. The zero-order valence-electron chi connectivity index (χ0n) is 17.7. The van der Waals surface area contributed by atoms with Crippen molar-refractivity contribution in [2.75, 3.05) is 32.1 Å². The van der Waals surface area contributed by atoms with Gasteiger partial charge in [0.2, 0.25) is 5.95 Å². The van der Waals surface area contributed by atoms with Crippen molar-refractivity contribution in [3.05, 3.63) is 72.4 Å². The smallest absolute Gasteiger partial charge is 0.223 e. The summed E-state index contributed by atoms with van der Waals surface area (Å²) < 4.78 is 5.96. The summed E-state index contributed by atoms with van der Waals surface area (Å²) in [7, 11) is 1.97. The number of rotatable bonds is 9. The summed E-state index contributed by atoms with van der Waals surface area (Å²) in [4.78, 5) is 8.87. The predicted molar refractivity (Wildman–Crippen MR) is 122 cm³/mol. The fourth-order valence-electron chi connectivity index (χ4n) is 3.75. The van der Waals surface area contributed by atoms with E-state index in [4.69, 9.17) is 4.74 Å². The first-order chi connectivity index (χ1) is 15.2. The van der Waals surface area contributed by atoms with Gasteiger partial charge in [0.05, 0.1) is 24.4 Å². The van der Waals surface area contributed by atoms with E-state index in [0.29, 0.717) is 25.6 Å². The van der Waals surface area contributed by atoms with E-state index in [1.165, 1.54) is 5.56 Å². The molecule has 4 N–H and O–H groups in total. The number of aromatic nitrogens is 2. The maximum Gasteiger partial charge on any atom is 0.223 e. The van der Waals surface area contributed by atoms with Crippen molar-refractivity contribution in [2.45, 2.75) is 24.6 Å². The molecule has 2 heterocycles. The molecule has 3 atom stereocenters. The zero-order chi connectivity index (χ0) is 21.5. The summed E-state index contributed by atoms with van der Waals surface area (Å²) in [5.41, 5.74) is 3.07. The largest absolute Gasteiger partial charge is 0.494 e. The highest BCUT2D eigenvalue weighted by Crippen LogP contribution is 2.23. The van der Waals surface area contributed by atoms with Crippen molar-refractivity contribution < 1.29 is 9.84 Å². The third-order valence-corrected chi connectivity index (χ3v) is 5.53. The molecule has 0 bridgehead atoms. The molecule has 0 saturated carbocycles. The molecule has 0 unspecified atom stereocenters. The third kappa shape index (κ3) is 5.58. The normalized spacial score (nSPS) is 19.2. The van der Waals surface area contributed by atoms with E-state index in [1.54, 1.807) is 6.20 Å². The van der Waals surface area contributed by atoms with E-state index in [0.717, 1.165) is 23.4 Å². The van der Waals surface area contributed by atoms with Gasteiger partial charge in [-0.15, -0.1) is 0 Å². The first-order valence-electron chi connectivity index (χ1n) is 10.7. The van der Waals surface area contributed by atoms with E-state index < -0.39 is 6.10 Å². The molecule has 1 aromatic heterocycles. The van der Waals surface area contributed by atoms with Crippen molar-refractivity contribution >= 4 is 5.95 Å². The Kier molecular flexibility index (Phi) is 7.09. The highest BCUT2D eigenvalue weighted by atomic mass is 16.5. The van der Waals surface area contributed by atoms with E-state index >= 15 is 0 Å². The molecule has 4 rings (SSSR count). The second-order valence-corrected chi connectivity index (χ2v) is 7.66. The number of benzene rings is 2. The number of ether oxygens (including phenoxy) is 1. The molecule has 162 valence electrons. The SMILES string of the molecule is CN[C@H](CCOc1ccc(-c2ccnc(N[C@H]3CNC[C@@H]3O)n2)cc1)c1ccccc1. The Balaban J connectivity index is 1.33. The van der Waals surface area contributed by atoms with Gasteiger partial charge in [0, 0.05) is 37.3 Å². The lowest BCUT2D eigenvalue weighted by Gasteiger charge is -2.17. The Bertz CT molecular complexity index is 952. The topological polar surface area (TPSA) is 91.3 Å². The highest BCUT2D eigenvalue weighted by Gasteiger charge is 2.25. The van der Waals surface area contributed by atoms with Crippen molar-refractivity contribution in [2.24, 2.45) is 0 Å². The molecule has 0 amide bonds. The fourth-order valence-corrected chi connectivity index (χ4v) is 3.75. The molecule has 1 aliphatic rings. The lowest BCUT2D eigenvalue weighted by atomic mass is 10.0. The van der Waals surface area contributed by atoms with Crippen LogP contribution in [0, 0.1) is 0 Å². The van der Waals surface area contributed by atoms with Crippen LogP contribution in [0.2, 0.25) is 0 Å². The maximum atomic E-state index is 9.95. The van der Waals surface area contributed by atoms with Gasteiger partial charge in [0.1, 0.15) is 5.75 Å². The summed E-state index contributed by atoms with van der Waals surface area (Å²) in [6.45, 7) is 1.90. The predicted octanol–water partition coefficient (Wildman–Crippen LogP) is 2.62. The number of anilines is 1. The van der Waals surface area contributed by atoms with Crippen LogP contribution >= 0.6 is 0 Å². The summed E-state index contributed by atoms with van der Waals surface area (Å²) in [6, 6.07) is 20.4. The summed E-state index contributed by atoms with van der Waals surface area (Å²) >= 11 is 0. The van der Waals surface area contributed by atoms with Gasteiger partial charge in [-0.3, -0.25) is 0 Å². The molecular weight excluding hydrogens is 390 g/mol. The lowest BCUT2D eigenvalue weighted by molar-refractivity contribution is 0.185. The van der Waals surface area contributed by atoms with Crippen molar-refractivity contribution in [1.29, 1.82) is 0 Å². The second kappa shape index (κ2) is 10.3. The van der Waals surface area contributed by atoms with Gasteiger partial charge >= 0.3 is 0 Å². The molecule has 2 aromatic carbocycles. The van der Waals surface area contributed by atoms with E-state index in [2.05, 4.69) is 50.2 Å². The van der Waals surface area contributed by atoms with E-state index in [-0.39, 0.29) is 12.1 Å². The van der Waals surface area contributed by atoms with Crippen molar-refractivity contribution in [3.63, 3.8) is 0 Å². The molecule has 0 radical (unpaired) electrons. The Morgan fingerprint density at radius 2 is 1.90 bits per heavy atom. The quantitative estimate of drug-likeness (QED) is 0.424. The molecule has 3 aromatic rings. The van der Waals surface area contributed by atoms with Crippen LogP contribution in [0.4, 0.5) is 5.95 Å². The van der Waals surface area contributed by atoms with Gasteiger partial charge < -0.3 is 25.8 Å². The van der Waals surface area contributed by atoms with Crippen LogP contribution in [0.15, 0.2) is 66.9 Å². The number of aliphatic hydroxyl groups excluding tert-OH is 1. The van der Waals surface area contributed by atoms with Gasteiger partial charge in [-0.25, -0.2) is 9.97 Å². The molecule has 1 fully saturated rings. The zero-order valence-corrected chi connectivity index (χ0v) is 17.7. The highest BCUT2D eigenvalue weighted by molar-refractivity contribution is 5.61. The first kappa shape index (κ1) is 21.2. The Hall–Kier alpha value is -3.00. The van der Waals surface area contributed by atoms with Crippen LogP contribution in [0.1, 0.15) is 18.0 Å². The first-order valence-corrected chi connectivity index (χ1v) is 10.7. The van der Waals surface area contributed by atoms with E-state index in [9.17, 15) is 5.11 Å². The summed E-state index contributed by atoms with van der Waals surface area (Å²) in [6.07, 6.45) is 2.17. The maximum absolute atomic E-state index is 9.95. The van der Waals surface area contributed by atoms with Crippen LogP contribution in [-0.2, 0) is 0 Å². The Labute approximate surface area is 182 Å². The van der Waals surface area contributed by atoms with Gasteiger partial charge in [0.15, 0.2) is 0 Å². The molecule has 7 heteroatoms. The van der Waals surface area contributed by atoms with Crippen LogP contribution in [-0.4, -0.2) is 54.0 Å². The van der Waals surface area contributed by atoms with Crippen LogP contribution in [0.25, 0.3) is 11.3 Å². The molecule has 31 heavy (non-hydrogen) atoms. The van der Waals surface area contributed by atoms with Crippen molar-refractivity contribution in [1.82, 2.24) is 20.6 Å². The Morgan fingerprint density at radius 3 is 2.61 bits per heavy atom. The fraction of sp³-hybridized carbons (Fsp3) is 0.333. The van der Waals surface area contributed by atoms with Crippen molar-refractivity contribution in [3.8, 4) is 17.0 Å². The van der Waals surface area contributed by atoms with Crippen LogP contribution in [0.3, 0.4) is 0 Å². The third-order valence-electron chi connectivity index (χ3n) is 5.53. The van der Waals surface area contributed by atoms with Crippen LogP contribution < -0.4 is 20.7 Å². The lowest BCUT2D eigenvalue weighted by Crippen LogP contribution is -2.32. The number of aliphatic hydroxyl groups is 1. The minimum atomic E-state index is -0.437. The van der Waals surface area contributed by atoms with Gasteiger partial charge in [-0.2, -0.15) is 0 Å². The number of hydrogen-bond donors (Lipinski definition) is 4. The summed E-state index contributed by atoms with van der Waals surface area (Å²) in [5, 5.41) is 19.7. The summed E-state index contributed by atoms with van der Waals surface area (Å²) in [5.74, 6) is 1.35. The minimum Gasteiger partial charge on any atom is -0.494 e. The molecule has 1 aliphatic heterocycles. The molecule has 7 nitrogen and oxygen atoms in total. The monoisotopic (exact) mass is 419 g/mol. The van der Waals surface area contributed by atoms with Gasteiger partial charge in [0.25, 0.3) is 0 Å². The molecule has 0 spiro atoms. The minimum absolute atomic E-state index is 0.0802. The number of nitrogens with one attached hydrogen (secondary N) is 3. The molecule has 1 saturated heterocycles. The number of hydrogen-bond acceptors (Lipinski definition) is 7. The number of β-amino-alcohol motifs (C(OH)–C–C–N with tert-alkyl or cyclic N) is 1. The second-order valence-electron chi connectivity index (χ2n) is 7.66. The standard InChI is InChI=1S/C24H29N5O2/c1-25-20(17-5-3-2-4-6-17)12-14-31-19-9-7-18(8-10-19)21-11-13-27-24(28-21)29-22-15-26-16-23(22)30/h2-11,13,20,22-23,25-26,30H,12,14-16H2,1H3,(H,27,28,29)/t20-,22+,23+/m1/s1. The van der Waals surface area contributed by atoms with E-state index in [1.807, 2.05) is 43.4 Å². The Morgan fingerprint density at radius 1 is 1.10 bits per heavy atom.